The van der Waals surface area contributed by atoms with Crippen molar-refractivity contribution in [1.29, 1.82) is 0 Å². The number of hydrogen-bond donors (Lipinski definition) is 1. The number of unbranched alkanes of at least 4 members (excludes halogenated alkanes) is 3. The third-order valence-corrected chi connectivity index (χ3v) is 4.43. The minimum atomic E-state index is 0.772. The van der Waals surface area contributed by atoms with E-state index in [9.17, 15) is 0 Å². The average molecular weight is 294 g/mol. The lowest BCUT2D eigenvalue weighted by molar-refractivity contribution is 0.420. The van der Waals surface area contributed by atoms with Gasteiger partial charge >= 0.3 is 0 Å². The topological polar surface area (TPSA) is 12.0 Å². The molecule has 1 aliphatic carbocycles. The second-order valence-corrected chi connectivity index (χ2v) is 6.66. The fraction of sp³-hybridized carbons (Fsp3) is 0.667. The molecule has 1 N–H and O–H groups in total. The highest BCUT2D eigenvalue weighted by molar-refractivity contribution is 6.30. The summed E-state index contributed by atoms with van der Waals surface area (Å²) in [5, 5.41) is 4.54. The number of nitrogens with one attached hydrogen (secondary N) is 1. The van der Waals surface area contributed by atoms with Gasteiger partial charge in [0.15, 0.2) is 0 Å². The molecule has 20 heavy (non-hydrogen) atoms. The van der Waals surface area contributed by atoms with Gasteiger partial charge < -0.3 is 5.32 Å². The molecular formula is C18H28ClN. The molecule has 0 bridgehead atoms. The molecule has 0 amide bonds. The summed E-state index contributed by atoms with van der Waals surface area (Å²) in [6, 6.07) is 9.20. The van der Waals surface area contributed by atoms with Gasteiger partial charge in [0.25, 0.3) is 0 Å². The molecule has 0 aliphatic heterocycles. The average Bonchev–Trinajstić information content (AvgIpc) is 3.27. The van der Waals surface area contributed by atoms with Crippen molar-refractivity contribution in [2.75, 3.05) is 6.54 Å². The van der Waals surface area contributed by atoms with Crippen LogP contribution in [0.2, 0.25) is 5.02 Å². The molecule has 1 unspecified atom stereocenters. The molecule has 0 aromatic heterocycles. The molecule has 1 saturated carbocycles. The summed E-state index contributed by atoms with van der Waals surface area (Å²) in [6.07, 6.45) is 10.7. The van der Waals surface area contributed by atoms with Crippen LogP contribution in [0.5, 0.6) is 0 Å². The van der Waals surface area contributed by atoms with Gasteiger partial charge in [0.05, 0.1) is 0 Å². The van der Waals surface area contributed by atoms with Gasteiger partial charge in [0, 0.05) is 11.1 Å². The molecule has 112 valence electrons. The monoisotopic (exact) mass is 293 g/mol. The maximum Gasteiger partial charge on any atom is 0.0406 e. The Hall–Kier alpha value is -0.530. The zero-order chi connectivity index (χ0) is 14.2. The second kappa shape index (κ2) is 8.69. The molecule has 2 heteroatoms. The van der Waals surface area contributed by atoms with Gasteiger partial charge in [-0.3, -0.25) is 0 Å². The second-order valence-electron chi connectivity index (χ2n) is 6.23. The molecule has 1 aromatic carbocycles. The fourth-order valence-electron chi connectivity index (χ4n) is 2.71. The lowest BCUT2D eigenvalue weighted by Gasteiger charge is -2.18. The van der Waals surface area contributed by atoms with Crippen molar-refractivity contribution in [2.24, 2.45) is 5.92 Å². The molecule has 2 rings (SSSR count). The standard InChI is InChI=1S/C18H28ClN/c1-2-3-4-5-6-16(14-20-18-11-12-18)13-15-7-9-17(19)10-8-15/h7-10,16,18,20H,2-6,11-14H2,1H3. The minimum absolute atomic E-state index is 0.772. The third-order valence-electron chi connectivity index (χ3n) is 4.18. The van der Waals surface area contributed by atoms with E-state index in [1.807, 2.05) is 12.1 Å². The van der Waals surface area contributed by atoms with Crippen LogP contribution < -0.4 is 5.32 Å². The summed E-state index contributed by atoms with van der Waals surface area (Å²) < 4.78 is 0. The van der Waals surface area contributed by atoms with Crippen LogP contribution in [0.3, 0.4) is 0 Å². The lowest BCUT2D eigenvalue weighted by Crippen LogP contribution is -2.26. The van der Waals surface area contributed by atoms with Gasteiger partial charge in [-0.1, -0.05) is 56.3 Å². The molecule has 1 nitrogen and oxygen atoms in total. The first-order valence-electron chi connectivity index (χ1n) is 8.25. The van der Waals surface area contributed by atoms with Gasteiger partial charge in [-0.05, 0) is 55.8 Å². The summed E-state index contributed by atoms with van der Waals surface area (Å²) in [7, 11) is 0. The smallest absolute Gasteiger partial charge is 0.0406 e. The summed E-state index contributed by atoms with van der Waals surface area (Å²) in [5.74, 6) is 0.772. The van der Waals surface area contributed by atoms with E-state index in [4.69, 9.17) is 11.6 Å². The number of halogens is 1. The maximum absolute atomic E-state index is 5.97. The predicted octanol–water partition coefficient (Wildman–Crippen LogP) is 5.22. The first-order valence-corrected chi connectivity index (χ1v) is 8.63. The zero-order valence-corrected chi connectivity index (χ0v) is 13.5. The molecule has 1 aliphatic rings. The van der Waals surface area contributed by atoms with E-state index in [0.29, 0.717) is 0 Å². The SMILES string of the molecule is CCCCCCC(CNC1CC1)Cc1ccc(Cl)cc1. The molecular weight excluding hydrogens is 266 g/mol. The van der Waals surface area contributed by atoms with Gasteiger partial charge in [-0.2, -0.15) is 0 Å². The largest absolute Gasteiger partial charge is 0.314 e. The Morgan fingerprint density at radius 2 is 1.90 bits per heavy atom. The van der Waals surface area contributed by atoms with Crippen LogP contribution in [0.1, 0.15) is 57.4 Å². The van der Waals surface area contributed by atoms with Crippen LogP contribution in [-0.4, -0.2) is 12.6 Å². The fourth-order valence-corrected chi connectivity index (χ4v) is 2.84. The Morgan fingerprint density at radius 3 is 2.55 bits per heavy atom. The van der Waals surface area contributed by atoms with Gasteiger partial charge in [-0.25, -0.2) is 0 Å². The summed E-state index contributed by atoms with van der Waals surface area (Å²) in [5.41, 5.74) is 1.42. The van der Waals surface area contributed by atoms with Crippen molar-refractivity contribution in [3.63, 3.8) is 0 Å². The maximum atomic E-state index is 5.97. The first-order chi connectivity index (χ1) is 9.78. The highest BCUT2D eigenvalue weighted by Gasteiger charge is 2.21. The number of rotatable bonds is 10. The normalized spacial score (nSPS) is 16.3. The molecule has 0 spiro atoms. The Labute approximate surface area is 129 Å². The van der Waals surface area contributed by atoms with E-state index in [0.717, 1.165) is 17.0 Å². The van der Waals surface area contributed by atoms with Crippen molar-refractivity contribution >= 4 is 11.6 Å². The van der Waals surface area contributed by atoms with E-state index in [2.05, 4.69) is 24.4 Å². The number of hydrogen-bond acceptors (Lipinski definition) is 1. The van der Waals surface area contributed by atoms with Crippen molar-refractivity contribution in [1.82, 2.24) is 5.32 Å². The van der Waals surface area contributed by atoms with E-state index in [-0.39, 0.29) is 0 Å². The Balaban J connectivity index is 1.78. The molecule has 0 heterocycles. The first kappa shape index (κ1) is 15.9. The Kier molecular flexibility index (Phi) is 6.89. The van der Waals surface area contributed by atoms with Crippen LogP contribution in [0.15, 0.2) is 24.3 Å². The van der Waals surface area contributed by atoms with Crippen molar-refractivity contribution < 1.29 is 0 Å². The van der Waals surface area contributed by atoms with E-state index in [1.54, 1.807) is 0 Å². The Morgan fingerprint density at radius 1 is 1.15 bits per heavy atom. The Bertz CT molecular complexity index is 370. The zero-order valence-electron chi connectivity index (χ0n) is 12.7. The van der Waals surface area contributed by atoms with E-state index < -0.39 is 0 Å². The molecule has 0 saturated heterocycles. The molecule has 1 fully saturated rings. The van der Waals surface area contributed by atoms with E-state index >= 15 is 0 Å². The molecule has 1 atom stereocenters. The van der Waals surface area contributed by atoms with Crippen molar-refractivity contribution in [3.05, 3.63) is 34.9 Å². The highest BCUT2D eigenvalue weighted by atomic mass is 35.5. The van der Waals surface area contributed by atoms with Gasteiger partial charge in [0.2, 0.25) is 0 Å². The molecule has 0 radical (unpaired) electrons. The van der Waals surface area contributed by atoms with Crippen LogP contribution in [0, 0.1) is 5.92 Å². The van der Waals surface area contributed by atoms with Crippen LogP contribution in [0.25, 0.3) is 0 Å². The van der Waals surface area contributed by atoms with Crippen LogP contribution >= 0.6 is 11.6 Å². The van der Waals surface area contributed by atoms with Crippen molar-refractivity contribution in [3.8, 4) is 0 Å². The molecule has 1 aromatic rings. The van der Waals surface area contributed by atoms with Crippen LogP contribution in [0.4, 0.5) is 0 Å². The minimum Gasteiger partial charge on any atom is -0.314 e. The lowest BCUT2D eigenvalue weighted by atomic mass is 9.93. The van der Waals surface area contributed by atoms with Gasteiger partial charge in [-0.15, -0.1) is 0 Å². The quantitative estimate of drug-likeness (QED) is 0.583. The number of benzene rings is 1. The summed E-state index contributed by atoms with van der Waals surface area (Å²) >= 11 is 5.97. The van der Waals surface area contributed by atoms with Gasteiger partial charge in [0.1, 0.15) is 0 Å². The predicted molar refractivity (Wildman–Crippen MR) is 88.4 cm³/mol. The third kappa shape index (κ3) is 6.28. The van der Waals surface area contributed by atoms with E-state index in [1.165, 1.54) is 63.5 Å². The summed E-state index contributed by atoms with van der Waals surface area (Å²) in [4.78, 5) is 0. The summed E-state index contributed by atoms with van der Waals surface area (Å²) in [6.45, 7) is 3.46. The van der Waals surface area contributed by atoms with Crippen molar-refractivity contribution in [2.45, 2.75) is 64.3 Å². The highest BCUT2D eigenvalue weighted by Crippen LogP contribution is 2.22. The van der Waals surface area contributed by atoms with Crippen LogP contribution in [-0.2, 0) is 6.42 Å².